The molecule has 3 N–H and O–H groups in total. The van der Waals surface area contributed by atoms with Crippen molar-refractivity contribution in [1.82, 2.24) is 0 Å². The number of aromatic hydroxyl groups is 1. The normalized spacial score (nSPS) is 12.3. The molecule has 0 fully saturated rings. The Balaban J connectivity index is 2.02. The van der Waals surface area contributed by atoms with Crippen LogP contribution in [0.1, 0.15) is 26.3 Å². The number of hydrogen-bond donors (Lipinski definition) is 3. The Morgan fingerprint density at radius 2 is 1.34 bits per heavy atom. The van der Waals surface area contributed by atoms with Crippen molar-refractivity contribution in [2.75, 3.05) is 10.6 Å². The standard InChI is InChI=1S/C24H13F11N2O4/c25-13-6-2-1-4-11(13)19(39)36-14-7-3-5-12(17(14)26)20(40)37-18-15(38)8-10(9-16(18)41-21(27)28)22(29,23(30,31)32)24(33,34)35/h1-9,21,38H,(H,36,39)(H,37,40). The van der Waals surface area contributed by atoms with Crippen LogP contribution in [0.3, 0.4) is 0 Å². The molecule has 0 heterocycles. The molecular formula is C24H13F11N2O4. The van der Waals surface area contributed by atoms with Crippen molar-refractivity contribution in [3.05, 3.63) is 82.9 Å². The average molecular weight is 602 g/mol. The lowest BCUT2D eigenvalue weighted by Gasteiger charge is -2.31. The molecule has 220 valence electrons. The van der Waals surface area contributed by atoms with E-state index >= 15 is 4.39 Å². The molecule has 0 aliphatic carbocycles. The van der Waals surface area contributed by atoms with Crippen molar-refractivity contribution in [2.24, 2.45) is 0 Å². The molecule has 0 unspecified atom stereocenters. The molecule has 0 atom stereocenters. The lowest BCUT2D eigenvalue weighted by atomic mass is 9.93. The van der Waals surface area contributed by atoms with Crippen molar-refractivity contribution >= 4 is 23.2 Å². The minimum absolute atomic E-state index is 0.448. The van der Waals surface area contributed by atoms with Gasteiger partial charge >= 0.3 is 24.6 Å². The number of phenols is 1. The maximum Gasteiger partial charge on any atom is 0.435 e. The Hall–Kier alpha value is -4.57. The minimum Gasteiger partial charge on any atom is -0.506 e. The molecule has 0 spiro atoms. The van der Waals surface area contributed by atoms with E-state index in [0.29, 0.717) is 0 Å². The summed E-state index contributed by atoms with van der Waals surface area (Å²) < 4.78 is 152. The Morgan fingerprint density at radius 3 is 1.90 bits per heavy atom. The van der Waals surface area contributed by atoms with Gasteiger partial charge in [-0.2, -0.15) is 35.1 Å². The number of ether oxygens (including phenoxy) is 1. The highest BCUT2D eigenvalue weighted by molar-refractivity contribution is 6.08. The number of carbonyl (C=O) groups is 2. The van der Waals surface area contributed by atoms with Crippen LogP contribution >= 0.6 is 0 Å². The van der Waals surface area contributed by atoms with Crippen molar-refractivity contribution in [1.29, 1.82) is 0 Å². The van der Waals surface area contributed by atoms with E-state index in [0.717, 1.165) is 30.3 Å². The predicted molar refractivity (Wildman–Crippen MR) is 118 cm³/mol. The predicted octanol–water partition coefficient (Wildman–Crippen LogP) is 7.07. The highest BCUT2D eigenvalue weighted by Gasteiger charge is 2.73. The van der Waals surface area contributed by atoms with E-state index in [9.17, 15) is 58.6 Å². The SMILES string of the molecule is O=C(Nc1cccc(C(=O)Nc2c(O)cc(C(F)(C(F)(F)F)C(F)(F)F)cc2OC(F)F)c1F)c1ccccc1F. The third-order valence-electron chi connectivity index (χ3n) is 5.32. The van der Waals surface area contributed by atoms with E-state index < -0.39 is 99.8 Å². The number of carbonyl (C=O) groups excluding carboxylic acids is 2. The number of rotatable bonds is 7. The van der Waals surface area contributed by atoms with Crippen LogP contribution in [0.2, 0.25) is 0 Å². The Bertz CT molecular complexity index is 1460. The summed E-state index contributed by atoms with van der Waals surface area (Å²) in [4.78, 5) is 25.0. The molecule has 0 radical (unpaired) electrons. The fourth-order valence-electron chi connectivity index (χ4n) is 3.42. The maximum atomic E-state index is 15.0. The second-order valence-electron chi connectivity index (χ2n) is 7.96. The molecule has 0 saturated heterocycles. The fourth-order valence-corrected chi connectivity index (χ4v) is 3.42. The van der Waals surface area contributed by atoms with Crippen LogP contribution in [0.4, 0.5) is 59.7 Å². The minimum atomic E-state index is -6.69. The first-order valence-corrected chi connectivity index (χ1v) is 10.7. The highest BCUT2D eigenvalue weighted by atomic mass is 19.4. The molecule has 6 nitrogen and oxygen atoms in total. The van der Waals surface area contributed by atoms with Crippen LogP contribution in [0.15, 0.2) is 54.6 Å². The summed E-state index contributed by atoms with van der Waals surface area (Å²) in [5.41, 5.74) is -12.2. The van der Waals surface area contributed by atoms with Gasteiger partial charge in [0.05, 0.1) is 16.8 Å². The van der Waals surface area contributed by atoms with Gasteiger partial charge in [0.2, 0.25) is 0 Å². The van der Waals surface area contributed by atoms with Crippen molar-refractivity contribution in [2.45, 2.75) is 24.6 Å². The number of hydrogen-bond acceptors (Lipinski definition) is 4. The van der Waals surface area contributed by atoms with E-state index in [2.05, 4.69) is 4.74 Å². The van der Waals surface area contributed by atoms with E-state index in [1.807, 2.05) is 5.32 Å². The average Bonchev–Trinajstić information content (AvgIpc) is 2.85. The first-order chi connectivity index (χ1) is 18.9. The first kappa shape index (κ1) is 31.0. The summed E-state index contributed by atoms with van der Waals surface area (Å²) in [5, 5.41) is 13.6. The highest BCUT2D eigenvalue weighted by Crippen LogP contribution is 2.55. The van der Waals surface area contributed by atoms with E-state index in [4.69, 9.17) is 0 Å². The molecule has 3 rings (SSSR count). The summed E-state index contributed by atoms with van der Waals surface area (Å²) in [5.74, 6) is -8.86. The van der Waals surface area contributed by atoms with Crippen LogP contribution in [0.25, 0.3) is 0 Å². The summed E-state index contributed by atoms with van der Waals surface area (Å²) in [6, 6.07) is 6.19. The molecule has 0 bridgehead atoms. The number of halogens is 11. The van der Waals surface area contributed by atoms with Gasteiger partial charge in [-0.25, -0.2) is 13.2 Å². The van der Waals surface area contributed by atoms with Crippen LogP contribution in [-0.4, -0.2) is 35.9 Å². The first-order valence-electron chi connectivity index (χ1n) is 10.7. The fraction of sp³-hybridized carbons (Fsp3) is 0.167. The monoisotopic (exact) mass is 602 g/mol. The van der Waals surface area contributed by atoms with E-state index in [-0.39, 0.29) is 0 Å². The molecule has 2 amide bonds. The van der Waals surface area contributed by atoms with Gasteiger partial charge in [-0.05, 0) is 36.4 Å². The Kier molecular flexibility index (Phi) is 8.41. The molecule has 41 heavy (non-hydrogen) atoms. The molecular weight excluding hydrogens is 589 g/mol. The van der Waals surface area contributed by atoms with E-state index in [1.54, 1.807) is 5.32 Å². The van der Waals surface area contributed by atoms with Crippen LogP contribution in [0.5, 0.6) is 11.5 Å². The van der Waals surface area contributed by atoms with Crippen molar-refractivity contribution < 1.29 is 67.7 Å². The van der Waals surface area contributed by atoms with Gasteiger partial charge in [0.15, 0.2) is 11.6 Å². The van der Waals surface area contributed by atoms with Gasteiger partial charge in [0.1, 0.15) is 17.3 Å². The molecule has 0 aromatic heterocycles. The zero-order valence-corrected chi connectivity index (χ0v) is 19.6. The van der Waals surface area contributed by atoms with E-state index in [1.165, 1.54) is 12.1 Å². The Labute approximate surface area is 221 Å². The second-order valence-corrected chi connectivity index (χ2v) is 7.96. The lowest BCUT2D eigenvalue weighted by Crippen LogP contribution is -2.50. The number of phenolic OH excluding ortho intramolecular Hbond substituents is 1. The summed E-state index contributed by atoms with van der Waals surface area (Å²) in [7, 11) is 0. The quantitative estimate of drug-likeness (QED) is 0.200. The molecule has 3 aromatic rings. The summed E-state index contributed by atoms with van der Waals surface area (Å²) in [6.07, 6.45) is -13.4. The van der Waals surface area contributed by atoms with Gasteiger partial charge in [0, 0.05) is 5.56 Å². The largest absolute Gasteiger partial charge is 0.506 e. The topological polar surface area (TPSA) is 87.7 Å². The van der Waals surface area contributed by atoms with Crippen molar-refractivity contribution in [3.8, 4) is 11.5 Å². The smallest absolute Gasteiger partial charge is 0.435 e. The zero-order valence-electron chi connectivity index (χ0n) is 19.6. The zero-order chi connectivity index (χ0) is 30.9. The summed E-state index contributed by atoms with van der Waals surface area (Å²) >= 11 is 0. The van der Waals surface area contributed by atoms with Crippen LogP contribution < -0.4 is 15.4 Å². The molecule has 3 aromatic carbocycles. The number of benzene rings is 3. The Morgan fingerprint density at radius 1 is 0.780 bits per heavy atom. The van der Waals surface area contributed by atoms with Gasteiger partial charge in [-0.3, -0.25) is 9.59 Å². The van der Waals surface area contributed by atoms with Gasteiger partial charge in [-0.1, -0.05) is 18.2 Å². The number of amides is 2. The lowest BCUT2D eigenvalue weighted by molar-refractivity contribution is -0.348. The van der Waals surface area contributed by atoms with Crippen molar-refractivity contribution in [3.63, 3.8) is 0 Å². The number of alkyl halides is 9. The molecule has 0 saturated carbocycles. The van der Waals surface area contributed by atoms with Gasteiger partial charge in [0.25, 0.3) is 11.8 Å². The van der Waals surface area contributed by atoms with Gasteiger partial charge in [-0.15, -0.1) is 0 Å². The number of anilines is 2. The second kappa shape index (κ2) is 11.1. The number of nitrogens with one attached hydrogen (secondary N) is 2. The molecule has 0 aliphatic rings. The maximum absolute atomic E-state index is 15.0. The van der Waals surface area contributed by atoms with Crippen LogP contribution in [-0.2, 0) is 5.67 Å². The van der Waals surface area contributed by atoms with Crippen LogP contribution in [0, 0.1) is 11.6 Å². The molecule has 0 aliphatic heterocycles. The summed E-state index contributed by atoms with van der Waals surface area (Å²) in [6.45, 7) is -3.97. The molecule has 17 heteroatoms. The third-order valence-corrected chi connectivity index (χ3v) is 5.32. The van der Waals surface area contributed by atoms with Gasteiger partial charge < -0.3 is 20.5 Å². The third kappa shape index (κ3) is 6.12.